The van der Waals surface area contributed by atoms with Gasteiger partial charge in [0.1, 0.15) is 5.75 Å². The molecule has 0 bridgehead atoms. The summed E-state index contributed by atoms with van der Waals surface area (Å²) in [5.41, 5.74) is 3.36. The van der Waals surface area contributed by atoms with Crippen LogP contribution in [0.15, 0.2) is 53.7 Å². The van der Waals surface area contributed by atoms with Crippen LogP contribution in [0.1, 0.15) is 12.5 Å². The molecule has 0 saturated heterocycles. The predicted octanol–water partition coefficient (Wildman–Crippen LogP) is 4.37. The second-order valence-electron chi connectivity index (χ2n) is 5.36. The van der Waals surface area contributed by atoms with Gasteiger partial charge in [0.15, 0.2) is 5.16 Å². The van der Waals surface area contributed by atoms with Gasteiger partial charge in [-0.05, 0) is 25.1 Å². The minimum absolute atomic E-state index is 0.670. The molecule has 3 rings (SSSR count). The largest absolute Gasteiger partial charge is 0.494 e. The van der Waals surface area contributed by atoms with Crippen LogP contribution in [0.4, 0.5) is 0 Å². The summed E-state index contributed by atoms with van der Waals surface area (Å²) in [6.45, 7) is 4.15. The van der Waals surface area contributed by atoms with Gasteiger partial charge >= 0.3 is 0 Å². The van der Waals surface area contributed by atoms with Crippen LogP contribution in [-0.4, -0.2) is 29.9 Å². The SMILES string of the molecule is CCOc1ccccc1CSc1nc2ccccc2n1CCOC. The van der Waals surface area contributed by atoms with Crippen LogP contribution in [0.2, 0.25) is 0 Å². The fourth-order valence-electron chi connectivity index (χ4n) is 2.62. The summed E-state index contributed by atoms with van der Waals surface area (Å²) < 4.78 is 13.2. The van der Waals surface area contributed by atoms with Crippen molar-refractivity contribution in [1.29, 1.82) is 0 Å². The average molecular weight is 342 g/mol. The Hall–Kier alpha value is -1.98. The molecule has 0 saturated carbocycles. The summed E-state index contributed by atoms with van der Waals surface area (Å²) in [5.74, 6) is 1.78. The van der Waals surface area contributed by atoms with E-state index in [1.54, 1.807) is 18.9 Å². The molecule has 0 aliphatic heterocycles. The van der Waals surface area contributed by atoms with E-state index in [1.807, 2.05) is 37.3 Å². The number of para-hydroxylation sites is 3. The smallest absolute Gasteiger partial charge is 0.169 e. The monoisotopic (exact) mass is 342 g/mol. The van der Waals surface area contributed by atoms with Crippen LogP contribution in [0.3, 0.4) is 0 Å². The van der Waals surface area contributed by atoms with Crippen molar-refractivity contribution in [3.8, 4) is 5.75 Å². The predicted molar refractivity (Wildman–Crippen MR) is 98.8 cm³/mol. The molecule has 2 aromatic carbocycles. The zero-order chi connectivity index (χ0) is 16.8. The van der Waals surface area contributed by atoms with E-state index in [9.17, 15) is 0 Å². The molecule has 5 heteroatoms. The number of rotatable bonds is 8. The Kier molecular flexibility index (Phi) is 5.77. The molecule has 3 aromatic rings. The van der Waals surface area contributed by atoms with E-state index in [4.69, 9.17) is 14.5 Å². The molecule has 1 aromatic heterocycles. The number of nitrogens with zero attached hydrogens (tertiary/aromatic N) is 2. The lowest BCUT2D eigenvalue weighted by molar-refractivity contribution is 0.186. The first kappa shape index (κ1) is 16.9. The highest BCUT2D eigenvalue weighted by Crippen LogP contribution is 2.30. The van der Waals surface area contributed by atoms with Gasteiger partial charge in [-0.15, -0.1) is 0 Å². The molecule has 0 atom stereocenters. The molecule has 0 N–H and O–H groups in total. The molecule has 0 spiro atoms. The van der Waals surface area contributed by atoms with Crippen LogP contribution < -0.4 is 4.74 Å². The van der Waals surface area contributed by atoms with Crippen LogP contribution in [0.25, 0.3) is 11.0 Å². The molecule has 126 valence electrons. The van der Waals surface area contributed by atoms with E-state index < -0.39 is 0 Å². The first-order valence-corrected chi connectivity index (χ1v) is 9.09. The zero-order valence-corrected chi connectivity index (χ0v) is 14.9. The third-order valence-corrected chi connectivity index (χ3v) is 4.79. The number of benzene rings is 2. The maximum absolute atomic E-state index is 5.72. The lowest BCUT2D eigenvalue weighted by Crippen LogP contribution is -2.05. The number of fused-ring (bicyclic) bond motifs is 1. The first-order chi connectivity index (χ1) is 11.8. The Balaban J connectivity index is 1.84. The van der Waals surface area contributed by atoms with Gasteiger partial charge in [0.05, 0.1) is 24.2 Å². The lowest BCUT2D eigenvalue weighted by Gasteiger charge is -2.11. The minimum atomic E-state index is 0.670. The van der Waals surface area contributed by atoms with E-state index in [2.05, 4.69) is 22.8 Å². The van der Waals surface area contributed by atoms with Gasteiger partial charge in [-0.2, -0.15) is 0 Å². The third kappa shape index (κ3) is 3.74. The normalized spacial score (nSPS) is 11.1. The maximum Gasteiger partial charge on any atom is 0.169 e. The van der Waals surface area contributed by atoms with E-state index >= 15 is 0 Å². The molecule has 1 heterocycles. The highest BCUT2D eigenvalue weighted by molar-refractivity contribution is 7.98. The summed E-state index contributed by atoms with van der Waals surface area (Å²) in [6, 6.07) is 16.4. The highest BCUT2D eigenvalue weighted by Gasteiger charge is 2.12. The van der Waals surface area contributed by atoms with Gasteiger partial charge in [0.25, 0.3) is 0 Å². The van der Waals surface area contributed by atoms with Crippen LogP contribution >= 0.6 is 11.8 Å². The zero-order valence-electron chi connectivity index (χ0n) is 14.1. The quantitative estimate of drug-likeness (QED) is 0.570. The van der Waals surface area contributed by atoms with Crippen molar-refractivity contribution in [3.63, 3.8) is 0 Å². The van der Waals surface area contributed by atoms with Crippen molar-refractivity contribution in [2.24, 2.45) is 0 Å². The van der Waals surface area contributed by atoms with Gasteiger partial charge in [0, 0.05) is 25.0 Å². The molecule has 0 amide bonds. The second-order valence-corrected chi connectivity index (χ2v) is 6.30. The molecule has 0 unspecified atom stereocenters. The molecule has 24 heavy (non-hydrogen) atoms. The summed E-state index contributed by atoms with van der Waals surface area (Å²) in [6.07, 6.45) is 0. The summed E-state index contributed by atoms with van der Waals surface area (Å²) >= 11 is 1.73. The van der Waals surface area contributed by atoms with Gasteiger partial charge in [-0.25, -0.2) is 4.98 Å². The Morgan fingerprint density at radius 2 is 1.88 bits per heavy atom. The Morgan fingerprint density at radius 3 is 2.71 bits per heavy atom. The molecular formula is C19H22N2O2S. The number of imidazole rings is 1. The summed E-state index contributed by atoms with van der Waals surface area (Å²) in [5, 5.41) is 1.01. The minimum Gasteiger partial charge on any atom is -0.494 e. The van der Waals surface area contributed by atoms with Crippen molar-refractivity contribution in [2.75, 3.05) is 20.3 Å². The Bertz CT molecular complexity index is 801. The van der Waals surface area contributed by atoms with Crippen LogP contribution in [0, 0.1) is 0 Å². The Labute approximate surface area is 146 Å². The van der Waals surface area contributed by atoms with E-state index in [-0.39, 0.29) is 0 Å². The molecule has 0 aliphatic rings. The summed E-state index contributed by atoms with van der Waals surface area (Å²) in [7, 11) is 1.73. The van der Waals surface area contributed by atoms with E-state index in [0.717, 1.165) is 34.2 Å². The average Bonchev–Trinajstić information content (AvgIpc) is 2.97. The molecule has 0 radical (unpaired) electrons. The third-order valence-electron chi connectivity index (χ3n) is 3.77. The van der Waals surface area contributed by atoms with Crippen LogP contribution in [0.5, 0.6) is 5.75 Å². The van der Waals surface area contributed by atoms with Crippen molar-refractivity contribution >= 4 is 22.8 Å². The molecule has 0 aliphatic carbocycles. The van der Waals surface area contributed by atoms with Gasteiger partial charge in [-0.3, -0.25) is 0 Å². The van der Waals surface area contributed by atoms with Crippen molar-refractivity contribution in [3.05, 3.63) is 54.1 Å². The number of hydrogen-bond donors (Lipinski definition) is 0. The van der Waals surface area contributed by atoms with Gasteiger partial charge in [0.2, 0.25) is 0 Å². The van der Waals surface area contributed by atoms with Crippen molar-refractivity contribution in [2.45, 2.75) is 24.4 Å². The van der Waals surface area contributed by atoms with Crippen LogP contribution in [-0.2, 0) is 17.0 Å². The number of hydrogen-bond acceptors (Lipinski definition) is 4. The lowest BCUT2D eigenvalue weighted by atomic mass is 10.2. The topological polar surface area (TPSA) is 36.3 Å². The van der Waals surface area contributed by atoms with E-state index in [0.29, 0.717) is 13.2 Å². The first-order valence-electron chi connectivity index (χ1n) is 8.11. The fraction of sp³-hybridized carbons (Fsp3) is 0.316. The number of aromatic nitrogens is 2. The second kappa shape index (κ2) is 8.22. The summed E-state index contributed by atoms with van der Waals surface area (Å²) in [4.78, 5) is 4.79. The van der Waals surface area contributed by atoms with E-state index in [1.165, 1.54) is 5.56 Å². The maximum atomic E-state index is 5.72. The molecular weight excluding hydrogens is 320 g/mol. The molecule has 4 nitrogen and oxygen atoms in total. The van der Waals surface area contributed by atoms with Gasteiger partial charge < -0.3 is 14.0 Å². The Morgan fingerprint density at radius 1 is 1.08 bits per heavy atom. The highest BCUT2D eigenvalue weighted by atomic mass is 32.2. The number of thioether (sulfide) groups is 1. The number of ether oxygens (including phenoxy) is 2. The fourth-order valence-corrected chi connectivity index (χ4v) is 3.66. The van der Waals surface area contributed by atoms with Crippen molar-refractivity contribution < 1.29 is 9.47 Å². The number of methoxy groups -OCH3 is 1. The standard InChI is InChI=1S/C19H22N2O2S/c1-3-23-18-11-7-4-8-15(18)14-24-19-20-16-9-5-6-10-17(16)21(19)12-13-22-2/h4-11H,3,12-14H2,1-2H3. The van der Waals surface area contributed by atoms with Crippen molar-refractivity contribution in [1.82, 2.24) is 9.55 Å². The molecule has 0 fully saturated rings. The van der Waals surface area contributed by atoms with Gasteiger partial charge in [-0.1, -0.05) is 42.1 Å².